The number of aryl methyl sites for hydroxylation is 1. The van der Waals surface area contributed by atoms with E-state index in [1.54, 1.807) is 36.4 Å². The molecule has 2 aromatic carbocycles. The largest absolute Gasteiger partial charge is 0.421 e. The molecule has 3 rings (SSSR count). The van der Waals surface area contributed by atoms with Crippen molar-refractivity contribution in [3.8, 4) is 0 Å². The van der Waals surface area contributed by atoms with E-state index in [-0.39, 0.29) is 11.8 Å². The van der Waals surface area contributed by atoms with Crippen LogP contribution in [0.25, 0.3) is 0 Å². The van der Waals surface area contributed by atoms with Crippen molar-refractivity contribution in [1.29, 1.82) is 0 Å². The third-order valence-electron chi connectivity index (χ3n) is 3.51. The van der Waals surface area contributed by atoms with Gasteiger partial charge in [-0.05, 0) is 43.3 Å². The first-order valence-electron chi connectivity index (χ1n) is 7.62. The molecular weight excluding hydrogens is 409 g/mol. The second kappa shape index (κ2) is 7.33. The van der Waals surface area contributed by atoms with Crippen LogP contribution in [-0.2, 0) is 6.18 Å². The summed E-state index contributed by atoms with van der Waals surface area (Å²) in [6, 6.07) is 14.1. The topological polar surface area (TPSA) is 49.8 Å². The number of anilines is 4. The average Bonchev–Trinajstić information content (AvgIpc) is 2.58. The lowest BCUT2D eigenvalue weighted by Crippen LogP contribution is -2.12. The van der Waals surface area contributed by atoms with Gasteiger partial charge in [-0.1, -0.05) is 33.6 Å². The highest BCUT2D eigenvalue weighted by Crippen LogP contribution is 2.35. The molecule has 0 atom stereocenters. The van der Waals surface area contributed by atoms with Crippen molar-refractivity contribution >= 4 is 39.1 Å². The number of aromatic nitrogens is 2. The average molecular weight is 423 g/mol. The second-order valence-electron chi connectivity index (χ2n) is 5.58. The van der Waals surface area contributed by atoms with E-state index in [4.69, 9.17) is 0 Å². The molecule has 1 aromatic heterocycles. The van der Waals surface area contributed by atoms with Gasteiger partial charge in [0, 0.05) is 22.0 Å². The summed E-state index contributed by atoms with van der Waals surface area (Å²) in [5.41, 5.74) is 1.31. The first kappa shape index (κ1) is 18.2. The molecule has 8 heteroatoms. The lowest BCUT2D eigenvalue weighted by molar-refractivity contribution is -0.137. The predicted molar refractivity (Wildman–Crippen MR) is 98.9 cm³/mol. The zero-order valence-corrected chi connectivity index (χ0v) is 15.2. The fraction of sp³-hybridized carbons (Fsp3) is 0.111. The van der Waals surface area contributed by atoms with Gasteiger partial charge in [-0.2, -0.15) is 18.2 Å². The van der Waals surface area contributed by atoms with Crippen molar-refractivity contribution in [2.75, 3.05) is 10.6 Å². The molecule has 0 aliphatic heterocycles. The molecule has 0 amide bonds. The minimum Gasteiger partial charge on any atom is -0.340 e. The van der Waals surface area contributed by atoms with Crippen molar-refractivity contribution in [3.05, 3.63) is 70.3 Å². The molecule has 0 fully saturated rings. The van der Waals surface area contributed by atoms with Crippen LogP contribution in [0, 0.1) is 6.92 Å². The molecular formula is C18H14BrF3N4. The van der Waals surface area contributed by atoms with E-state index >= 15 is 0 Å². The number of halogens is 4. The molecule has 134 valence electrons. The Morgan fingerprint density at radius 3 is 2.08 bits per heavy atom. The van der Waals surface area contributed by atoms with Crippen LogP contribution in [-0.4, -0.2) is 9.97 Å². The Morgan fingerprint density at radius 2 is 1.46 bits per heavy atom. The van der Waals surface area contributed by atoms with Gasteiger partial charge in [0.1, 0.15) is 11.4 Å². The fourth-order valence-corrected chi connectivity index (χ4v) is 2.45. The third kappa shape index (κ3) is 4.51. The summed E-state index contributed by atoms with van der Waals surface area (Å²) in [5.74, 6) is -0.245. The lowest BCUT2D eigenvalue weighted by atomic mass is 10.2. The van der Waals surface area contributed by atoms with E-state index in [0.29, 0.717) is 11.4 Å². The van der Waals surface area contributed by atoms with Gasteiger partial charge in [-0.3, -0.25) is 0 Å². The summed E-state index contributed by atoms with van der Waals surface area (Å²) in [4.78, 5) is 7.80. The summed E-state index contributed by atoms with van der Waals surface area (Å²) in [6.07, 6.45) is -3.80. The van der Waals surface area contributed by atoms with Crippen LogP contribution in [0.3, 0.4) is 0 Å². The van der Waals surface area contributed by atoms with Crippen LogP contribution in [0.4, 0.5) is 36.3 Å². The second-order valence-corrected chi connectivity index (χ2v) is 6.49. The molecule has 3 aromatic rings. The van der Waals surface area contributed by atoms with E-state index in [9.17, 15) is 13.2 Å². The number of nitrogens with zero attached hydrogens (tertiary/aromatic N) is 2. The van der Waals surface area contributed by atoms with Gasteiger partial charge >= 0.3 is 6.18 Å². The highest BCUT2D eigenvalue weighted by atomic mass is 79.9. The maximum absolute atomic E-state index is 13.3. The predicted octanol–water partition coefficient (Wildman–Crippen LogP) is 6.05. The Morgan fingerprint density at radius 1 is 0.885 bits per heavy atom. The number of rotatable bonds is 4. The smallest absolute Gasteiger partial charge is 0.340 e. The Kier molecular flexibility index (Phi) is 5.13. The Bertz CT molecular complexity index is 894. The van der Waals surface area contributed by atoms with Gasteiger partial charge in [0.15, 0.2) is 0 Å². The van der Waals surface area contributed by atoms with Crippen LogP contribution >= 0.6 is 15.9 Å². The Balaban J connectivity index is 1.93. The molecule has 4 nitrogen and oxygen atoms in total. The number of hydrogen-bond acceptors (Lipinski definition) is 4. The first-order valence-corrected chi connectivity index (χ1v) is 8.41. The number of nitrogens with one attached hydrogen (secondary N) is 2. The summed E-state index contributed by atoms with van der Waals surface area (Å²) in [5, 5.41) is 5.62. The molecule has 0 aliphatic rings. The first-order chi connectivity index (χ1) is 12.3. The van der Waals surface area contributed by atoms with Gasteiger partial charge in [0.2, 0.25) is 5.95 Å². The van der Waals surface area contributed by atoms with Gasteiger partial charge in [-0.25, -0.2) is 4.98 Å². The van der Waals surface area contributed by atoms with E-state index < -0.39 is 11.7 Å². The molecule has 2 N–H and O–H groups in total. The Hall–Kier alpha value is -2.61. The van der Waals surface area contributed by atoms with Crippen molar-refractivity contribution in [1.82, 2.24) is 9.97 Å². The molecule has 0 saturated carbocycles. The molecule has 0 aliphatic carbocycles. The van der Waals surface area contributed by atoms with Crippen molar-refractivity contribution in [2.24, 2.45) is 0 Å². The molecule has 0 radical (unpaired) electrons. The quantitative estimate of drug-likeness (QED) is 0.536. The zero-order valence-electron chi connectivity index (χ0n) is 13.6. The van der Waals surface area contributed by atoms with E-state index in [2.05, 4.69) is 36.5 Å². The maximum Gasteiger partial charge on any atom is 0.421 e. The van der Waals surface area contributed by atoms with E-state index in [1.165, 1.54) is 0 Å². The van der Waals surface area contributed by atoms with Crippen molar-refractivity contribution in [2.45, 2.75) is 13.1 Å². The van der Waals surface area contributed by atoms with E-state index in [0.717, 1.165) is 16.2 Å². The zero-order chi connectivity index (χ0) is 18.7. The summed E-state index contributed by atoms with van der Waals surface area (Å²) in [7, 11) is 0. The van der Waals surface area contributed by atoms with Crippen molar-refractivity contribution < 1.29 is 13.2 Å². The number of benzene rings is 2. The molecule has 0 saturated heterocycles. The minimum absolute atomic E-state index is 0.0708. The van der Waals surface area contributed by atoms with Crippen LogP contribution in [0.15, 0.2) is 59.2 Å². The van der Waals surface area contributed by atoms with Gasteiger partial charge in [0.05, 0.1) is 0 Å². The minimum atomic E-state index is -4.57. The van der Waals surface area contributed by atoms with Crippen LogP contribution < -0.4 is 10.6 Å². The Labute approximate surface area is 156 Å². The molecule has 1 heterocycles. The normalized spacial score (nSPS) is 11.3. The van der Waals surface area contributed by atoms with Gasteiger partial charge < -0.3 is 10.6 Å². The summed E-state index contributed by atoms with van der Waals surface area (Å²) in [6.45, 7) is 1.94. The van der Waals surface area contributed by atoms with Crippen LogP contribution in [0.5, 0.6) is 0 Å². The lowest BCUT2D eigenvalue weighted by Gasteiger charge is -2.15. The monoisotopic (exact) mass is 422 g/mol. The summed E-state index contributed by atoms with van der Waals surface area (Å²) < 4.78 is 40.6. The standard InChI is InChI=1S/C18H14BrF3N4/c1-11-2-6-14(7-3-11)25-17-23-10-15(18(20,21)22)16(26-17)24-13-8-4-12(19)5-9-13/h2-10H,1H3,(H2,23,24,25,26). The fourth-order valence-electron chi connectivity index (χ4n) is 2.18. The third-order valence-corrected chi connectivity index (χ3v) is 4.04. The maximum atomic E-state index is 13.3. The molecule has 0 bridgehead atoms. The number of hydrogen-bond donors (Lipinski definition) is 2. The number of alkyl halides is 3. The van der Waals surface area contributed by atoms with Crippen LogP contribution in [0.1, 0.15) is 11.1 Å². The van der Waals surface area contributed by atoms with Crippen LogP contribution in [0.2, 0.25) is 0 Å². The SMILES string of the molecule is Cc1ccc(Nc2ncc(C(F)(F)F)c(Nc3ccc(Br)cc3)n2)cc1. The van der Waals surface area contributed by atoms with Gasteiger partial charge in [0.25, 0.3) is 0 Å². The van der Waals surface area contributed by atoms with Gasteiger partial charge in [-0.15, -0.1) is 0 Å². The van der Waals surface area contributed by atoms with E-state index in [1.807, 2.05) is 19.1 Å². The molecule has 0 unspecified atom stereocenters. The highest BCUT2D eigenvalue weighted by molar-refractivity contribution is 9.10. The summed E-state index contributed by atoms with van der Waals surface area (Å²) >= 11 is 3.29. The molecule has 0 spiro atoms. The van der Waals surface area contributed by atoms with Crippen molar-refractivity contribution in [3.63, 3.8) is 0 Å². The highest BCUT2D eigenvalue weighted by Gasteiger charge is 2.35. The molecule has 26 heavy (non-hydrogen) atoms.